The van der Waals surface area contributed by atoms with Crippen LogP contribution >= 0.6 is 15.9 Å². The molecule has 15 heteroatoms. The van der Waals surface area contributed by atoms with Crippen molar-refractivity contribution in [1.82, 2.24) is 25.1 Å². The number of aromatic hydroxyl groups is 1. The number of phenols is 1. The molecule has 3 aliphatic heterocycles. The van der Waals surface area contributed by atoms with Crippen LogP contribution in [0.25, 0.3) is 0 Å². The number of hydrogen-bond donors (Lipinski definition) is 3. The summed E-state index contributed by atoms with van der Waals surface area (Å²) in [5.74, 6) is 1.64. The molecule has 0 aliphatic carbocycles. The Morgan fingerprint density at radius 3 is 2.59 bits per heavy atom. The number of fused-ring (bicyclic) bond motifs is 1. The Kier molecular flexibility index (Phi) is 12.5. The van der Waals surface area contributed by atoms with Crippen molar-refractivity contribution in [1.29, 1.82) is 0 Å². The Morgan fingerprint density at radius 2 is 1.86 bits per heavy atom. The van der Waals surface area contributed by atoms with E-state index in [9.17, 15) is 24.3 Å². The minimum atomic E-state index is -1.24. The summed E-state index contributed by atoms with van der Waals surface area (Å²) in [4.78, 5) is 67.2. The highest BCUT2D eigenvalue weighted by molar-refractivity contribution is 9.10. The van der Waals surface area contributed by atoms with Crippen molar-refractivity contribution in [3.05, 3.63) is 70.0 Å². The molecule has 0 aromatic heterocycles. The van der Waals surface area contributed by atoms with Crippen LogP contribution in [0.1, 0.15) is 24.0 Å². The van der Waals surface area contributed by atoms with Crippen molar-refractivity contribution in [3.8, 4) is 5.75 Å². The third-order valence-corrected chi connectivity index (χ3v) is 9.36. The molecule has 49 heavy (non-hydrogen) atoms. The number of carbonyl (C=O) groups excluding carboxylic acids is 4. The average molecular weight is 739 g/mol. The second kappa shape index (κ2) is 17.1. The molecule has 2 saturated heterocycles. The van der Waals surface area contributed by atoms with Crippen LogP contribution in [0.5, 0.6) is 5.75 Å². The Morgan fingerprint density at radius 1 is 1.10 bits per heavy atom. The van der Waals surface area contributed by atoms with E-state index in [0.717, 1.165) is 17.7 Å². The molecule has 2 fully saturated rings. The topological polar surface area (TPSA) is 156 Å². The number of aliphatic imine (C=N–C) groups is 1. The van der Waals surface area contributed by atoms with Gasteiger partial charge in [0.1, 0.15) is 5.75 Å². The lowest BCUT2D eigenvalue weighted by atomic mass is 10.0. The number of amides is 5. The molecule has 0 bridgehead atoms. The highest BCUT2D eigenvalue weighted by Crippen LogP contribution is 2.27. The number of hydroxylamine groups is 1. The standard InChI is InChI=1S/C34H40BrN7O7/c1-48-38-31(44)23-40-19-17-39(18-20-40)13-4-12-36-32(45)30(22-24-7-8-29(43)27(35)21-24)49-34(47)41-14-10-26(11-15-41)42-16-9-25-5-2-3-6-28(25)37-33(42)46/h2-3,5-8,13,21,26,30,43H,9-11,14-20,22-23H2,1H3,(H,37,46)(H,38,44)/t30-/m1/s1. The molecule has 260 valence electrons. The number of likely N-dealkylation sites (tertiary alicyclic amines) is 1. The highest BCUT2D eigenvalue weighted by atomic mass is 79.9. The third kappa shape index (κ3) is 9.94. The van der Waals surface area contributed by atoms with Gasteiger partial charge in [-0.2, -0.15) is 4.99 Å². The molecule has 0 unspecified atom stereocenters. The summed E-state index contributed by atoms with van der Waals surface area (Å²) in [6.07, 6.45) is 1.67. The molecule has 5 rings (SSSR count). The van der Waals surface area contributed by atoms with Crippen molar-refractivity contribution in [2.75, 3.05) is 64.8 Å². The van der Waals surface area contributed by atoms with Gasteiger partial charge in [0.2, 0.25) is 0 Å². The van der Waals surface area contributed by atoms with Crippen molar-refractivity contribution in [3.63, 3.8) is 0 Å². The molecule has 3 N–H and O–H groups in total. The molecule has 3 aliphatic rings. The summed E-state index contributed by atoms with van der Waals surface area (Å²) in [5.41, 5.74) is 7.65. The minimum absolute atomic E-state index is 0.0297. The summed E-state index contributed by atoms with van der Waals surface area (Å²) in [6.45, 7) is 4.14. The maximum atomic E-state index is 13.3. The fourth-order valence-electron chi connectivity index (χ4n) is 6.04. The third-order valence-electron chi connectivity index (χ3n) is 8.72. The van der Waals surface area contributed by atoms with Crippen LogP contribution in [0, 0.1) is 0 Å². The quantitative estimate of drug-likeness (QED) is 0.200. The number of piperazine rings is 1. The first-order chi connectivity index (χ1) is 23.7. The fraction of sp³-hybridized carbons (Fsp3) is 0.441. The number of piperidine rings is 1. The number of urea groups is 1. The molecular weight excluding hydrogens is 698 g/mol. The molecule has 2 aromatic carbocycles. The molecule has 0 spiro atoms. The predicted octanol–water partition coefficient (Wildman–Crippen LogP) is 2.92. The Bertz CT molecular complexity index is 1630. The Labute approximate surface area is 293 Å². The molecule has 14 nitrogen and oxygen atoms in total. The maximum absolute atomic E-state index is 13.3. The Hall–Kier alpha value is -4.65. The van der Waals surface area contributed by atoms with Gasteiger partial charge in [-0.15, -0.1) is 0 Å². The summed E-state index contributed by atoms with van der Waals surface area (Å²) >= 11 is 3.29. The highest BCUT2D eigenvalue weighted by Gasteiger charge is 2.33. The lowest BCUT2D eigenvalue weighted by Gasteiger charge is -2.37. The average Bonchev–Trinajstić information content (AvgIpc) is 3.26. The number of hydrogen-bond acceptors (Lipinski definition) is 9. The van der Waals surface area contributed by atoms with Crippen LogP contribution in [0.3, 0.4) is 0 Å². The lowest BCUT2D eigenvalue weighted by Crippen LogP contribution is -2.50. The van der Waals surface area contributed by atoms with E-state index in [-0.39, 0.29) is 36.7 Å². The first-order valence-electron chi connectivity index (χ1n) is 16.2. The SMILES string of the molecule is CONC(=O)CN1CCN(C=C=C=NC(=O)[C@@H](Cc2ccc(O)c(Br)c2)OC(=O)N2CCC(N3CCc4ccccc4NC3=O)CC2)CC1. The zero-order valence-electron chi connectivity index (χ0n) is 27.3. The number of benzene rings is 2. The van der Waals surface area contributed by atoms with Gasteiger partial charge < -0.3 is 29.9 Å². The number of para-hydroxylation sites is 1. The lowest BCUT2D eigenvalue weighted by molar-refractivity contribution is -0.132. The van der Waals surface area contributed by atoms with E-state index < -0.39 is 18.1 Å². The number of phenolic OH excluding ortho intramolecular Hbond substituents is 1. The number of nitrogens with one attached hydrogen (secondary N) is 2. The summed E-state index contributed by atoms with van der Waals surface area (Å²) in [5, 5.41) is 12.9. The van der Waals surface area contributed by atoms with Crippen LogP contribution < -0.4 is 10.8 Å². The first-order valence-corrected chi connectivity index (χ1v) is 16.9. The van der Waals surface area contributed by atoms with Crippen LogP contribution in [-0.2, 0) is 32.0 Å². The zero-order valence-corrected chi connectivity index (χ0v) is 28.9. The van der Waals surface area contributed by atoms with Gasteiger partial charge in [0.05, 0.1) is 24.3 Å². The smallest absolute Gasteiger partial charge is 0.410 e. The van der Waals surface area contributed by atoms with Gasteiger partial charge in [0.25, 0.3) is 11.8 Å². The van der Waals surface area contributed by atoms with E-state index in [0.29, 0.717) is 68.7 Å². The van der Waals surface area contributed by atoms with E-state index in [2.05, 4.69) is 48.2 Å². The number of rotatable bonds is 9. The number of carbonyl (C=O) groups is 4. The van der Waals surface area contributed by atoms with E-state index in [1.807, 2.05) is 39.0 Å². The second-order valence-electron chi connectivity index (χ2n) is 12.0. The first kappa shape index (κ1) is 35.7. The van der Waals surface area contributed by atoms with Crippen molar-refractivity contribution in [2.24, 2.45) is 4.99 Å². The van der Waals surface area contributed by atoms with Gasteiger partial charge in [-0.1, -0.05) is 24.3 Å². The van der Waals surface area contributed by atoms with Gasteiger partial charge in [-0.05, 0) is 70.2 Å². The van der Waals surface area contributed by atoms with Gasteiger partial charge in [-0.3, -0.25) is 19.3 Å². The summed E-state index contributed by atoms with van der Waals surface area (Å²) in [7, 11) is 1.39. The molecule has 1 atom stereocenters. The number of halogens is 1. The summed E-state index contributed by atoms with van der Waals surface area (Å²) in [6, 6.07) is 12.4. The molecule has 2 aromatic rings. The number of ether oxygens (including phenoxy) is 1. The molecule has 0 radical (unpaired) electrons. The maximum Gasteiger partial charge on any atom is 0.410 e. The van der Waals surface area contributed by atoms with Crippen LogP contribution in [-0.4, -0.2) is 126 Å². The second-order valence-corrected chi connectivity index (χ2v) is 12.8. The number of anilines is 1. The van der Waals surface area contributed by atoms with Gasteiger partial charge in [0, 0.05) is 69.8 Å². The normalized spacial score (nSPS) is 17.4. The fourth-order valence-corrected chi connectivity index (χ4v) is 6.47. The van der Waals surface area contributed by atoms with Crippen molar-refractivity contribution >= 4 is 51.4 Å². The van der Waals surface area contributed by atoms with Gasteiger partial charge in [-0.25, -0.2) is 15.1 Å². The Balaban J connectivity index is 1.18. The monoisotopic (exact) mass is 737 g/mol. The summed E-state index contributed by atoms with van der Waals surface area (Å²) < 4.78 is 6.18. The van der Waals surface area contributed by atoms with Gasteiger partial charge >= 0.3 is 12.1 Å². The van der Waals surface area contributed by atoms with Crippen molar-refractivity contribution in [2.45, 2.75) is 37.8 Å². The van der Waals surface area contributed by atoms with Crippen molar-refractivity contribution < 1.29 is 33.9 Å². The largest absolute Gasteiger partial charge is 0.507 e. The zero-order chi connectivity index (χ0) is 34.8. The van der Waals surface area contributed by atoms with Crippen LogP contribution in [0.15, 0.2) is 63.9 Å². The molecule has 5 amide bonds. The van der Waals surface area contributed by atoms with Gasteiger partial charge in [0.15, 0.2) is 6.10 Å². The van der Waals surface area contributed by atoms with E-state index >= 15 is 0 Å². The number of nitrogens with zero attached hydrogens (tertiary/aromatic N) is 5. The molecular formula is C34H40BrN7O7. The van der Waals surface area contributed by atoms with Crippen LogP contribution in [0.2, 0.25) is 0 Å². The predicted molar refractivity (Wildman–Crippen MR) is 184 cm³/mol. The minimum Gasteiger partial charge on any atom is -0.507 e. The molecule has 0 saturated carbocycles. The van der Waals surface area contributed by atoms with E-state index in [1.165, 1.54) is 13.2 Å². The van der Waals surface area contributed by atoms with E-state index in [1.54, 1.807) is 23.2 Å². The molecule has 3 heterocycles. The van der Waals surface area contributed by atoms with E-state index in [4.69, 9.17) is 4.74 Å². The van der Waals surface area contributed by atoms with Crippen LogP contribution in [0.4, 0.5) is 15.3 Å².